The van der Waals surface area contributed by atoms with Gasteiger partial charge in [-0.15, -0.1) is 0 Å². The molecule has 136 valence electrons. The van der Waals surface area contributed by atoms with Crippen LogP contribution < -0.4 is 0 Å². The molecule has 7 heteroatoms. The van der Waals surface area contributed by atoms with Crippen LogP contribution in [-0.2, 0) is 28.5 Å². The maximum absolute atomic E-state index is 11.5. The van der Waals surface area contributed by atoms with Gasteiger partial charge in [-0.05, 0) is 31.0 Å². The second-order valence-electron chi connectivity index (χ2n) is 7.62. The highest BCUT2D eigenvalue weighted by atomic mass is 28.4. The monoisotopic (exact) mass is 348 g/mol. The van der Waals surface area contributed by atoms with Crippen LogP contribution in [0.4, 0.5) is 0 Å². The van der Waals surface area contributed by atoms with Crippen molar-refractivity contribution in [1.82, 2.24) is 0 Å². The van der Waals surface area contributed by atoms with E-state index in [-0.39, 0.29) is 5.04 Å². The molecule has 1 heterocycles. The van der Waals surface area contributed by atoms with E-state index < -0.39 is 26.4 Å². The summed E-state index contributed by atoms with van der Waals surface area (Å²) in [5, 5.41) is 0.244. The summed E-state index contributed by atoms with van der Waals surface area (Å²) in [6, 6.07) is 0. The van der Waals surface area contributed by atoms with Crippen LogP contribution in [0.25, 0.3) is 0 Å². The van der Waals surface area contributed by atoms with Crippen LogP contribution in [0.5, 0.6) is 0 Å². The van der Waals surface area contributed by atoms with E-state index in [1.54, 1.807) is 0 Å². The van der Waals surface area contributed by atoms with Crippen molar-refractivity contribution in [2.45, 2.75) is 83.6 Å². The van der Waals surface area contributed by atoms with Gasteiger partial charge in [0.2, 0.25) is 0 Å². The molecule has 0 N–H and O–H groups in total. The Morgan fingerprint density at radius 1 is 1.22 bits per heavy atom. The van der Waals surface area contributed by atoms with Gasteiger partial charge in [0.1, 0.15) is 0 Å². The number of ether oxygens (including phenoxy) is 2. The topological polar surface area (TPSA) is 63.2 Å². The minimum atomic E-state index is -1.65. The van der Waals surface area contributed by atoms with Crippen molar-refractivity contribution in [3.05, 3.63) is 0 Å². The number of esters is 1. The van der Waals surface area contributed by atoms with Gasteiger partial charge < -0.3 is 13.9 Å². The first-order valence-corrected chi connectivity index (χ1v) is 11.2. The van der Waals surface area contributed by atoms with Crippen LogP contribution in [0, 0.1) is 0 Å². The van der Waals surface area contributed by atoms with Gasteiger partial charge in [0, 0.05) is 20.0 Å². The van der Waals surface area contributed by atoms with E-state index in [1.807, 2.05) is 0 Å². The van der Waals surface area contributed by atoms with Gasteiger partial charge in [-0.3, -0.25) is 0 Å². The van der Waals surface area contributed by atoms with Gasteiger partial charge in [-0.2, -0.15) is 4.89 Å². The SMILES string of the molecule is COC(=O)C1(C)OOC(CCCCCO[Si](C)(C)C(C)(C)C)O1. The van der Waals surface area contributed by atoms with E-state index in [1.165, 1.54) is 14.0 Å². The number of hydrogen-bond acceptors (Lipinski definition) is 6. The highest BCUT2D eigenvalue weighted by Crippen LogP contribution is 2.36. The summed E-state index contributed by atoms with van der Waals surface area (Å²) in [6.07, 6.45) is 3.10. The van der Waals surface area contributed by atoms with Crippen LogP contribution in [0.1, 0.15) is 53.4 Å². The van der Waals surface area contributed by atoms with E-state index in [4.69, 9.17) is 18.9 Å². The molecule has 2 atom stereocenters. The molecule has 1 saturated heterocycles. The number of rotatable bonds is 8. The Bertz CT molecular complexity index is 393. The van der Waals surface area contributed by atoms with Crippen molar-refractivity contribution in [3.8, 4) is 0 Å². The second kappa shape index (κ2) is 8.07. The molecule has 0 saturated carbocycles. The standard InChI is InChI=1S/C16H32O6Si/c1-15(2,3)23(6,7)19-12-10-8-9-11-13-20-16(4,22-21-13)14(17)18-5/h13H,8-12H2,1-7H3. The smallest absolute Gasteiger partial charge is 0.369 e. The molecule has 0 aliphatic carbocycles. The Kier molecular flexibility index (Phi) is 7.22. The first kappa shape index (κ1) is 20.6. The van der Waals surface area contributed by atoms with Crippen molar-refractivity contribution in [2.24, 2.45) is 0 Å². The molecule has 1 fully saturated rings. The van der Waals surface area contributed by atoms with Crippen LogP contribution in [0.15, 0.2) is 0 Å². The third-order valence-corrected chi connectivity index (χ3v) is 9.12. The summed E-state index contributed by atoms with van der Waals surface area (Å²) < 4.78 is 16.2. The van der Waals surface area contributed by atoms with E-state index >= 15 is 0 Å². The minimum absolute atomic E-state index is 0.244. The van der Waals surface area contributed by atoms with Gasteiger partial charge in [0.25, 0.3) is 5.79 Å². The number of carbonyl (C=O) groups excluding carboxylic acids is 1. The Morgan fingerprint density at radius 2 is 1.87 bits per heavy atom. The fraction of sp³-hybridized carbons (Fsp3) is 0.938. The number of carbonyl (C=O) groups is 1. The minimum Gasteiger partial charge on any atom is -0.465 e. The average molecular weight is 349 g/mol. The summed E-state index contributed by atoms with van der Waals surface area (Å²) in [7, 11) is -0.360. The Hall–Kier alpha value is -0.473. The van der Waals surface area contributed by atoms with Gasteiger partial charge in [-0.1, -0.05) is 27.2 Å². The van der Waals surface area contributed by atoms with Crippen molar-refractivity contribution < 1.29 is 28.5 Å². The molecule has 0 radical (unpaired) electrons. The molecule has 0 amide bonds. The van der Waals surface area contributed by atoms with Crippen LogP contribution >= 0.6 is 0 Å². The highest BCUT2D eigenvalue weighted by Gasteiger charge is 2.47. The summed E-state index contributed by atoms with van der Waals surface area (Å²) in [6.45, 7) is 13.5. The lowest BCUT2D eigenvalue weighted by Crippen LogP contribution is -2.40. The number of hydrogen-bond donors (Lipinski definition) is 0. The maximum atomic E-state index is 11.5. The molecule has 0 bridgehead atoms. The molecule has 23 heavy (non-hydrogen) atoms. The predicted molar refractivity (Wildman–Crippen MR) is 89.1 cm³/mol. The fourth-order valence-corrected chi connectivity index (χ4v) is 3.03. The summed E-state index contributed by atoms with van der Waals surface area (Å²) >= 11 is 0. The van der Waals surface area contributed by atoms with Crippen LogP contribution in [0.2, 0.25) is 18.1 Å². The molecule has 0 aromatic carbocycles. The third kappa shape index (κ3) is 5.83. The normalized spacial score (nSPS) is 25.6. The molecule has 1 rings (SSSR count). The second-order valence-corrected chi connectivity index (χ2v) is 12.4. The van der Waals surface area contributed by atoms with E-state index in [2.05, 4.69) is 38.6 Å². The highest BCUT2D eigenvalue weighted by molar-refractivity contribution is 6.74. The first-order chi connectivity index (χ1) is 10.5. The van der Waals surface area contributed by atoms with Crippen molar-refractivity contribution in [2.75, 3.05) is 13.7 Å². The van der Waals surface area contributed by atoms with Crippen molar-refractivity contribution in [3.63, 3.8) is 0 Å². The molecule has 1 aliphatic rings. The predicted octanol–water partition coefficient (Wildman–Crippen LogP) is 3.76. The molecular weight excluding hydrogens is 316 g/mol. The van der Waals surface area contributed by atoms with Crippen LogP contribution in [-0.4, -0.2) is 40.1 Å². The quantitative estimate of drug-likeness (QED) is 0.288. The lowest BCUT2D eigenvalue weighted by Gasteiger charge is -2.36. The molecule has 0 spiro atoms. The molecule has 0 aromatic rings. The molecule has 2 unspecified atom stereocenters. The van der Waals surface area contributed by atoms with Gasteiger partial charge in [-0.25, -0.2) is 9.68 Å². The zero-order valence-electron chi connectivity index (χ0n) is 15.6. The van der Waals surface area contributed by atoms with E-state index in [9.17, 15) is 4.79 Å². The summed E-state index contributed by atoms with van der Waals surface area (Å²) in [4.78, 5) is 21.5. The third-order valence-electron chi connectivity index (χ3n) is 4.58. The van der Waals surface area contributed by atoms with Gasteiger partial charge in [0.15, 0.2) is 14.6 Å². The Balaban J connectivity index is 2.16. The fourth-order valence-electron chi connectivity index (χ4n) is 1.94. The number of methoxy groups -OCH3 is 1. The van der Waals surface area contributed by atoms with Crippen molar-refractivity contribution >= 4 is 14.3 Å². The average Bonchev–Trinajstić information content (AvgIpc) is 2.83. The molecular formula is C16H32O6Si. The molecule has 0 aromatic heterocycles. The largest absolute Gasteiger partial charge is 0.465 e. The van der Waals surface area contributed by atoms with Gasteiger partial charge >= 0.3 is 5.97 Å². The lowest BCUT2D eigenvalue weighted by atomic mass is 10.2. The van der Waals surface area contributed by atoms with E-state index in [0.29, 0.717) is 6.42 Å². The summed E-state index contributed by atoms with van der Waals surface area (Å²) in [5.74, 6) is -2.05. The van der Waals surface area contributed by atoms with Gasteiger partial charge in [0.05, 0.1) is 7.11 Å². The number of unbranched alkanes of at least 4 members (excludes halogenated alkanes) is 2. The zero-order valence-corrected chi connectivity index (χ0v) is 16.6. The molecule has 6 nitrogen and oxygen atoms in total. The van der Waals surface area contributed by atoms with E-state index in [0.717, 1.165) is 25.9 Å². The summed E-state index contributed by atoms with van der Waals surface area (Å²) in [5.41, 5.74) is 0. The first-order valence-electron chi connectivity index (χ1n) is 8.26. The maximum Gasteiger partial charge on any atom is 0.369 e. The van der Waals surface area contributed by atoms with Crippen LogP contribution in [0.3, 0.4) is 0 Å². The Morgan fingerprint density at radius 3 is 2.43 bits per heavy atom. The zero-order chi connectivity index (χ0) is 17.7. The molecule has 1 aliphatic heterocycles. The lowest BCUT2D eigenvalue weighted by molar-refractivity contribution is -0.321. The Labute approximate surface area is 140 Å². The van der Waals surface area contributed by atoms with Crippen molar-refractivity contribution in [1.29, 1.82) is 0 Å².